The van der Waals surface area contributed by atoms with Gasteiger partial charge in [0.25, 0.3) is 5.69 Å². The van der Waals surface area contributed by atoms with Crippen LogP contribution in [0, 0.1) is 15.9 Å². The van der Waals surface area contributed by atoms with Crippen LogP contribution in [-0.4, -0.2) is 11.5 Å². The van der Waals surface area contributed by atoms with Crippen LogP contribution < -0.4 is 5.32 Å². The molecule has 6 heteroatoms. The van der Waals surface area contributed by atoms with Crippen LogP contribution in [0.3, 0.4) is 0 Å². The summed E-state index contributed by atoms with van der Waals surface area (Å²) in [5.41, 5.74) is 1.31. The highest BCUT2D eigenvalue weighted by Gasteiger charge is 2.13. The molecule has 0 bridgehead atoms. The van der Waals surface area contributed by atoms with Gasteiger partial charge in [0.05, 0.1) is 4.92 Å². The summed E-state index contributed by atoms with van der Waals surface area (Å²) in [5.74, 6) is -0.228. The Morgan fingerprint density at radius 2 is 1.95 bits per heavy atom. The maximum absolute atomic E-state index is 13.4. The molecule has 4 nitrogen and oxygen atoms in total. The lowest BCUT2D eigenvalue weighted by Crippen LogP contribution is -2.18. The first-order valence-electron chi connectivity index (χ1n) is 6.45. The lowest BCUT2D eigenvalue weighted by atomic mass is 10.1. The van der Waals surface area contributed by atoms with Gasteiger partial charge < -0.3 is 5.32 Å². The van der Waals surface area contributed by atoms with Crippen molar-refractivity contribution in [1.29, 1.82) is 0 Å². The fraction of sp³-hybridized carbons (Fsp3) is 0.200. The van der Waals surface area contributed by atoms with Crippen molar-refractivity contribution in [1.82, 2.24) is 5.32 Å². The fourth-order valence-corrected chi connectivity index (χ4v) is 2.35. The van der Waals surface area contributed by atoms with E-state index in [0.717, 1.165) is 0 Å². The predicted molar refractivity (Wildman–Crippen MR) is 82.6 cm³/mol. The van der Waals surface area contributed by atoms with Gasteiger partial charge in [0.2, 0.25) is 0 Å². The van der Waals surface area contributed by atoms with Gasteiger partial charge in [-0.2, -0.15) is 0 Å². The Hall–Kier alpha value is -1.79. The molecule has 0 spiro atoms. The highest BCUT2D eigenvalue weighted by Crippen LogP contribution is 2.23. The molecule has 0 heterocycles. The summed E-state index contributed by atoms with van der Waals surface area (Å²) in [6, 6.07) is 11.6. The lowest BCUT2D eigenvalue weighted by molar-refractivity contribution is -0.385. The van der Waals surface area contributed by atoms with Crippen LogP contribution >= 0.6 is 15.9 Å². The third-order valence-electron chi connectivity index (χ3n) is 3.09. The Bertz CT molecular complexity index is 649. The van der Waals surface area contributed by atoms with Crippen molar-refractivity contribution in [2.75, 3.05) is 6.54 Å². The molecule has 0 unspecified atom stereocenters. The number of halogens is 2. The van der Waals surface area contributed by atoms with Gasteiger partial charge in [-0.05, 0) is 36.7 Å². The molecule has 110 valence electrons. The second-order valence-corrected chi connectivity index (χ2v) is 5.46. The van der Waals surface area contributed by atoms with E-state index < -0.39 is 4.92 Å². The Morgan fingerprint density at radius 3 is 2.67 bits per heavy atom. The Morgan fingerprint density at radius 1 is 1.19 bits per heavy atom. The van der Waals surface area contributed by atoms with Crippen LogP contribution in [-0.2, 0) is 13.0 Å². The van der Waals surface area contributed by atoms with Crippen LogP contribution in [0.15, 0.2) is 46.9 Å². The molecule has 0 atom stereocenters. The zero-order valence-electron chi connectivity index (χ0n) is 11.2. The van der Waals surface area contributed by atoms with Crippen molar-refractivity contribution in [3.8, 4) is 0 Å². The van der Waals surface area contributed by atoms with Gasteiger partial charge in [-0.3, -0.25) is 10.1 Å². The van der Waals surface area contributed by atoms with Crippen LogP contribution in [0.5, 0.6) is 0 Å². The molecule has 0 aliphatic heterocycles. The van der Waals surface area contributed by atoms with E-state index in [2.05, 4.69) is 21.2 Å². The molecule has 21 heavy (non-hydrogen) atoms. The maximum atomic E-state index is 13.4. The van der Waals surface area contributed by atoms with Gasteiger partial charge >= 0.3 is 0 Å². The number of hydrogen-bond donors (Lipinski definition) is 1. The maximum Gasteiger partial charge on any atom is 0.275 e. The van der Waals surface area contributed by atoms with Crippen molar-refractivity contribution in [3.63, 3.8) is 0 Å². The minimum Gasteiger partial charge on any atom is -0.312 e. The molecule has 0 radical (unpaired) electrons. The molecule has 0 aliphatic rings. The zero-order valence-corrected chi connectivity index (χ0v) is 12.8. The number of nitrogens with one attached hydrogen (secondary N) is 1. The second-order valence-electron chi connectivity index (χ2n) is 4.55. The topological polar surface area (TPSA) is 55.2 Å². The Labute approximate surface area is 130 Å². The lowest BCUT2D eigenvalue weighted by Gasteiger charge is -2.07. The summed E-state index contributed by atoms with van der Waals surface area (Å²) in [4.78, 5) is 10.6. The van der Waals surface area contributed by atoms with E-state index in [4.69, 9.17) is 0 Å². The van der Waals surface area contributed by atoms with E-state index in [1.807, 2.05) is 0 Å². The zero-order chi connectivity index (χ0) is 15.2. The molecular weight excluding hydrogens is 339 g/mol. The minimum atomic E-state index is -0.404. The molecule has 0 saturated carbocycles. The summed E-state index contributed by atoms with van der Waals surface area (Å²) >= 11 is 3.22. The van der Waals surface area contributed by atoms with Crippen LogP contribution in [0.4, 0.5) is 10.1 Å². The minimum absolute atomic E-state index is 0.0720. The smallest absolute Gasteiger partial charge is 0.275 e. The van der Waals surface area contributed by atoms with Crippen molar-refractivity contribution < 1.29 is 9.31 Å². The van der Waals surface area contributed by atoms with E-state index in [1.165, 1.54) is 12.1 Å². The monoisotopic (exact) mass is 352 g/mol. The van der Waals surface area contributed by atoms with Crippen molar-refractivity contribution in [3.05, 3.63) is 74.0 Å². The first-order valence-corrected chi connectivity index (χ1v) is 7.24. The fourth-order valence-electron chi connectivity index (χ4n) is 2.00. The van der Waals surface area contributed by atoms with Gasteiger partial charge in [-0.25, -0.2) is 4.39 Å². The molecule has 0 aromatic heterocycles. The second kappa shape index (κ2) is 7.28. The van der Waals surface area contributed by atoms with Gasteiger partial charge in [0.15, 0.2) is 0 Å². The molecule has 2 aromatic carbocycles. The summed E-state index contributed by atoms with van der Waals surface area (Å²) < 4.78 is 14.1. The molecule has 0 fully saturated rings. The number of rotatable bonds is 6. The third-order valence-corrected chi connectivity index (χ3v) is 3.58. The van der Waals surface area contributed by atoms with Crippen LogP contribution in [0.1, 0.15) is 11.1 Å². The van der Waals surface area contributed by atoms with Gasteiger partial charge in [-0.1, -0.05) is 34.1 Å². The van der Waals surface area contributed by atoms with E-state index >= 15 is 0 Å². The van der Waals surface area contributed by atoms with E-state index in [1.54, 1.807) is 30.3 Å². The van der Waals surface area contributed by atoms with Crippen LogP contribution in [0.2, 0.25) is 0 Å². The summed E-state index contributed by atoms with van der Waals surface area (Å²) in [6.07, 6.45) is 0.539. The summed E-state index contributed by atoms with van der Waals surface area (Å²) in [5, 5.41) is 14.1. The van der Waals surface area contributed by atoms with Crippen molar-refractivity contribution >= 4 is 21.6 Å². The van der Waals surface area contributed by atoms with Gasteiger partial charge in [0.1, 0.15) is 5.82 Å². The largest absolute Gasteiger partial charge is 0.312 e. The molecule has 0 saturated heterocycles. The number of nitro groups is 1. The quantitative estimate of drug-likeness (QED) is 0.488. The average molecular weight is 353 g/mol. The highest BCUT2D eigenvalue weighted by atomic mass is 79.9. The summed E-state index contributed by atoms with van der Waals surface area (Å²) in [6.45, 7) is 0.923. The number of hydrogen-bond acceptors (Lipinski definition) is 3. The Balaban J connectivity index is 1.92. The molecule has 2 rings (SSSR count). The average Bonchev–Trinajstić information content (AvgIpc) is 2.46. The van der Waals surface area contributed by atoms with E-state index in [-0.39, 0.29) is 11.5 Å². The molecule has 2 aromatic rings. The van der Waals surface area contributed by atoms with Crippen molar-refractivity contribution in [2.24, 2.45) is 0 Å². The number of nitro benzene ring substituents is 1. The molecule has 0 amide bonds. The van der Waals surface area contributed by atoms with Gasteiger partial charge in [0, 0.05) is 22.6 Å². The first-order chi connectivity index (χ1) is 10.1. The highest BCUT2D eigenvalue weighted by molar-refractivity contribution is 9.10. The number of benzene rings is 2. The summed E-state index contributed by atoms with van der Waals surface area (Å²) in [7, 11) is 0. The number of nitrogens with zero attached hydrogens (tertiary/aromatic N) is 1. The molecular formula is C15H14BrFN2O2. The van der Waals surface area contributed by atoms with Crippen LogP contribution in [0.25, 0.3) is 0 Å². The first kappa shape index (κ1) is 15.6. The standard InChI is InChI=1S/C15H14BrFN2O2/c16-13-6-5-12(15(9-13)19(20)21)10-18-8-7-11-3-1-2-4-14(11)17/h1-6,9,18H,7-8,10H2. The van der Waals surface area contributed by atoms with E-state index in [9.17, 15) is 14.5 Å². The Kier molecular flexibility index (Phi) is 5.41. The molecule has 1 N–H and O–H groups in total. The normalized spacial score (nSPS) is 10.6. The van der Waals surface area contributed by atoms with Gasteiger partial charge in [-0.15, -0.1) is 0 Å². The van der Waals surface area contributed by atoms with Crippen molar-refractivity contribution in [2.45, 2.75) is 13.0 Å². The van der Waals surface area contributed by atoms with E-state index in [0.29, 0.717) is 35.1 Å². The third kappa shape index (κ3) is 4.34. The predicted octanol–water partition coefficient (Wildman–Crippen LogP) is 3.83. The SMILES string of the molecule is O=[N+]([O-])c1cc(Br)ccc1CNCCc1ccccc1F. The molecule has 0 aliphatic carbocycles.